The molecular formula is C20H26N4O3S. The van der Waals surface area contributed by atoms with Gasteiger partial charge in [-0.2, -0.15) is 4.31 Å². The number of benzene rings is 1. The zero-order valence-corrected chi connectivity index (χ0v) is 16.7. The van der Waals surface area contributed by atoms with Crippen LogP contribution in [0.25, 0.3) is 0 Å². The Bertz CT molecular complexity index is 891. The Labute approximate surface area is 166 Å². The zero-order chi connectivity index (χ0) is 19.6. The van der Waals surface area contributed by atoms with E-state index < -0.39 is 10.0 Å². The molecule has 28 heavy (non-hydrogen) atoms. The maximum atomic E-state index is 13.0. The molecule has 150 valence electrons. The van der Waals surface area contributed by atoms with E-state index in [4.69, 9.17) is 0 Å². The molecule has 2 fully saturated rings. The highest BCUT2D eigenvalue weighted by Crippen LogP contribution is 2.28. The molecule has 0 spiro atoms. The number of amides is 1. The number of likely N-dealkylation sites (tertiary alicyclic amines) is 1. The SMILES string of the molecule is O=C(C1CCCN(S(=O)(=O)c2ccccc2)C1)N1CCC(n2ccnc2)CC1. The van der Waals surface area contributed by atoms with Gasteiger partial charge in [0.25, 0.3) is 0 Å². The first-order valence-corrected chi connectivity index (χ1v) is 11.3. The van der Waals surface area contributed by atoms with Crippen molar-refractivity contribution in [3.05, 3.63) is 49.1 Å². The third kappa shape index (κ3) is 3.84. The van der Waals surface area contributed by atoms with Crippen LogP contribution in [-0.2, 0) is 14.8 Å². The molecule has 0 radical (unpaired) electrons. The number of hydrogen-bond acceptors (Lipinski definition) is 4. The highest BCUT2D eigenvalue weighted by molar-refractivity contribution is 7.89. The second-order valence-electron chi connectivity index (χ2n) is 7.58. The number of nitrogens with zero attached hydrogens (tertiary/aromatic N) is 4. The highest BCUT2D eigenvalue weighted by atomic mass is 32.2. The third-order valence-corrected chi connectivity index (χ3v) is 7.72. The lowest BCUT2D eigenvalue weighted by Gasteiger charge is -2.37. The third-order valence-electron chi connectivity index (χ3n) is 5.84. The van der Waals surface area contributed by atoms with Gasteiger partial charge in [0.15, 0.2) is 0 Å². The average molecular weight is 403 g/mol. The topological polar surface area (TPSA) is 75.5 Å². The van der Waals surface area contributed by atoms with Crippen molar-refractivity contribution in [1.82, 2.24) is 18.8 Å². The number of sulfonamides is 1. The van der Waals surface area contributed by atoms with E-state index in [1.807, 2.05) is 17.4 Å². The van der Waals surface area contributed by atoms with E-state index in [9.17, 15) is 13.2 Å². The summed E-state index contributed by atoms with van der Waals surface area (Å²) < 4.78 is 29.4. The summed E-state index contributed by atoms with van der Waals surface area (Å²) in [5.41, 5.74) is 0. The molecule has 2 saturated heterocycles. The van der Waals surface area contributed by atoms with Crippen molar-refractivity contribution in [2.24, 2.45) is 5.92 Å². The summed E-state index contributed by atoms with van der Waals surface area (Å²) in [7, 11) is -3.55. The molecular weight excluding hydrogens is 376 g/mol. The Morgan fingerprint density at radius 1 is 1.04 bits per heavy atom. The van der Waals surface area contributed by atoms with Crippen LogP contribution in [-0.4, -0.2) is 59.3 Å². The minimum absolute atomic E-state index is 0.0945. The van der Waals surface area contributed by atoms with Crippen LogP contribution < -0.4 is 0 Å². The van der Waals surface area contributed by atoms with Crippen LogP contribution in [0.15, 0.2) is 53.9 Å². The van der Waals surface area contributed by atoms with Gasteiger partial charge in [-0.3, -0.25) is 4.79 Å². The highest BCUT2D eigenvalue weighted by Gasteiger charge is 2.36. The molecule has 2 aromatic rings. The average Bonchev–Trinajstić information content (AvgIpc) is 3.29. The molecule has 0 saturated carbocycles. The molecule has 2 aliphatic heterocycles. The van der Waals surface area contributed by atoms with Gasteiger partial charge in [0.05, 0.1) is 17.1 Å². The van der Waals surface area contributed by atoms with Crippen molar-refractivity contribution in [3.63, 3.8) is 0 Å². The van der Waals surface area contributed by atoms with E-state index in [0.717, 1.165) is 19.3 Å². The first-order valence-electron chi connectivity index (χ1n) is 9.87. The van der Waals surface area contributed by atoms with Crippen LogP contribution in [0.3, 0.4) is 0 Å². The van der Waals surface area contributed by atoms with E-state index in [1.165, 1.54) is 4.31 Å². The van der Waals surface area contributed by atoms with Crippen LogP contribution >= 0.6 is 0 Å². The molecule has 1 aromatic carbocycles. The molecule has 1 unspecified atom stereocenters. The molecule has 0 bridgehead atoms. The fraction of sp³-hybridized carbons (Fsp3) is 0.500. The smallest absolute Gasteiger partial charge is 0.243 e. The van der Waals surface area contributed by atoms with Gasteiger partial charge < -0.3 is 9.47 Å². The number of carbonyl (C=O) groups is 1. The fourth-order valence-corrected chi connectivity index (χ4v) is 5.78. The van der Waals surface area contributed by atoms with Gasteiger partial charge in [-0.15, -0.1) is 0 Å². The van der Waals surface area contributed by atoms with E-state index >= 15 is 0 Å². The Hall–Kier alpha value is -2.19. The first-order chi connectivity index (χ1) is 13.6. The van der Waals surface area contributed by atoms with Crippen molar-refractivity contribution < 1.29 is 13.2 Å². The van der Waals surface area contributed by atoms with Gasteiger partial charge >= 0.3 is 0 Å². The largest absolute Gasteiger partial charge is 0.342 e. The fourth-order valence-electron chi connectivity index (χ4n) is 4.23. The maximum Gasteiger partial charge on any atom is 0.243 e. The molecule has 0 aliphatic carbocycles. The van der Waals surface area contributed by atoms with Crippen LogP contribution in [0, 0.1) is 5.92 Å². The molecule has 8 heteroatoms. The van der Waals surface area contributed by atoms with Gasteiger partial charge in [-0.05, 0) is 37.8 Å². The van der Waals surface area contributed by atoms with E-state index in [2.05, 4.69) is 9.55 Å². The van der Waals surface area contributed by atoms with Gasteiger partial charge in [0.2, 0.25) is 15.9 Å². The summed E-state index contributed by atoms with van der Waals surface area (Å²) in [6.45, 7) is 2.18. The van der Waals surface area contributed by atoms with Crippen LogP contribution in [0.5, 0.6) is 0 Å². The lowest BCUT2D eigenvalue weighted by molar-refractivity contribution is -0.138. The van der Waals surface area contributed by atoms with Crippen LogP contribution in [0.2, 0.25) is 0 Å². The Balaban J connectivity index is 1.39. The normalized spacial score (nSPS) is 22.3. The van der Waals surface area contributed by atoms with Crippen LogP contribution in [0.1, 0.15) is 31.7 Å². The Morgan fingerprint density at radius 2 is 1.79 bits per heavy atom. The Kier molecular flexibility index (Phi) is 5.50. The van der Waals surface area contributed by atoms with Crippen molar-refractivity contribution in [1.29, 1.82) is 0 Å². The summed E-state index contributed by atoms with van der Waals surface area (Å²) in [4.78, 5) is 19.4. The van der Waals surface area contributed by atoms with Gasteiger partial charge in [0, 0.05) is 44.6 Å². The predicted octanol–water partition coefficient (Wildman–Crippen LogP) is 2.15. The lowest BCUT2D eigenvalue weighted by atomic mass is 9.96. The number of rotatable bonds is 4. The standard InChI is InChI=1S/C20H26N4O3S/c25-20(22-12-8-18(9-13-22)23-14-10-21-16-23)17-5-4-11-24(15-17)28(26,27)19-6-2-1-3-7-19/h1-3,6-7,10,14,16-18H,4-5,8-9,11-13,15H2. The van der Waals surface area contributed by atoms with Crippen LogP contribution in [0.4, 0.5) is 0 Å². The molecule has 4 rings (SSSR count). The van der Waals surface area contributed by atoms with Crippen molar-refractivity contribution >= 4 is 15.9 Å². The Morgan fingerprint density at radius 3 is 2.46 bits per heavy atom. The first kappa shape index (κ1) is 19.1. The van der Waals surface area contributed by atoms with Gasteiger partial charge in [-0.1, -0.05) is 18.2 Å². The number of carbonyl (C=O) groups excluding carboxylic acids is 1. The van der Waals surface area contributed by atoms with Gasteiger partial charge in [0.1, 0.15) is 0 Å². The lowest BCUT2D eigenvalue weighted by Crippen LogP contribution is -2.48. The predicted molar refractivity (Wildman–Crippen MR) is 105 cm³/mol. The molecule has 1 aromatic heterocycles. The number of aromatic nitrogens is 2. The number of imidazole rings is 1. The quantitative estimate of drug-likeness (QED) is 0.785. The molecule has 7 nitrogen and oxygen atoms in total. The molecule has 3 heterocycles. The summed E-state index contributed by atoms with van der Waals surface area (Å²) in [6.07, 6.45) is 8.85. The molecule has 1 amide bonds. The monoisotopic (exact) mass is 402 g/mol. The summed E-state index contributed by atoms with van der Waals surface area (Å²) in [5.74, 6) is -0.158. The summed E-state index contributed by atoms with van der Waals surface area (Å²) in [6, 6.07) is 8.86. The van der Waals surface area contributed by atoms with E-state index in [0.29, 0.717) is 37.0 Å². The van der Waals surface area contributed by atoms with E-state index in [-0.39, 0.29) is 18.4 Å². The molecule has 2 aliphatic rings. The second kappa shape index (κ2) is 8.05. The molecule has 0 N–H and O–H groups in total. The van der Waals surface area contributed by atoms with E-state index in [1.54, 1.807) is 36.5 Å². The summed E-state index contributed by atoms with van der Waals surface area (Å²) >= 11 is 0. The second-order valence-corrected chi connectivity index (χ2v) is 9.52. The zero-order valence-electron chi connectivity index (χ0n) is 15.9. The molecule has 1 atom stereocenters. The summed E-state index contributed by atoms with van der Waals surface area (Å²) in [5, 5.41) is 0. The van der Waals surface area contributed by atoms with Gasteiger partial charge in [-0.25, -0.2) is 13.4 Å². The minimum Gasteiger partial charge on any atom is -0.342 e. The van der Waals surface area contributed by atoms with Crippen molar-refractivity contribution in [2.45, 2.75) is 36.6 Å². The number of piperidine rings is 2. The maximum absolute atomic E-state index is 13.0. The van der Waals surface area contributed by atoms with Crippen molar-refractivity contribution in [2.75, 3.05) is 26.2 Å². The van der Waals surface area contributed by atoms with Crippen molar-refractivity contribution in [3.8, 4) is 0 Å². The number of hydrogen-bond donors (Lipinski definition) is 0. The minimum atomic E-state index is -3.55.